The van der Waals surface area contributed by atoms with Gasteiger partial charge in [-0.2, -0.15) is 0 Å². The number of likely N-dealkylation sites (tertiary alicyclic amines) is 1. The number of hydrogen-bond donors (Lipinski definition) is 2. The molecule has 7 heteroatoms. The van der Waals surface area contributed by atoms with Crippen molar-refractivity contribution in [1.29, 1.82) is 0 Å². The van der Waals surface area contributed by atoms with Gasteiger partial charge in [0.1, 0.15) is 6.61 Å². The third kappa shape index (κ3) is 7.16. The molecule has 0 saturated carbocycles. The Kier molecular flexibility index (Phi) is 9.69. The average molecular weight is 471 g/mol. The van der Waals surface area contributed by atoms with Crippen LogP contribution in [0.4, 0.5) is 0 Å². The lowest BCUT2D eigenvalue weighted by atomic mass is 9.93. The molecule has 1 saturated heterocycles. The van der Waals surface area contributed by atoms with Gasteiger partial charge in [-0.1, -0.05) is 56.3 Å². The van der Waals surface area contributed by atoms with E-state index in [2.05, 4.69) is 5.32 Å². The first-order valence-corrected chi connectivity index (χ1v) is 12.4. The Bertz CT molecular complexity index is 854. The molecule has 1 fully saturated rings. The summed E-state index contributed by atoms with van der Waals surface area (Å²) in [5.74, 6) is -1.30. The van der Waals surface area contributed by atoms with Gasteiger partial charge in [-0.05, 0) is 43.6 Å². The van der Waals surface area contributed by atoms with Crippen LogP contribution in [0, 0.1) is 17.8 Å². The van der Waals surface area contributed by atoms with Gasteiger partial charge in [-0.3, -0.25) is 14.4 Å². The largest absolute Gasteiger partial charge is 0.463 e. The van der Waals surface area contributed by atoms with E-state index in [0.29, 0.717) is 25.8 Å². The van der Waals surface area contributed by atoms with Crippen molar-refractivity contribution < 1.29 is 24.2 Å². The topological polar surface area (TPSA) is 95.9 Å². The van der Waals surface area contributed by atoms with E-state index in [9.17, 15) is 19.5 Å². The SMILES string of the molecule is CC(C)C1COC(=O)C(Cc2ccccc2)CC=CCC(CC(=O)N2CCCC2CO)C(=O)N1. The smallest absolute Gasteiger partial charge is 0.309 e. The third-order valence-corrected chi connectivity index (χ3v) is 6.90. The van der Waals surface area contributed by atoms with E-state index in [1.165, 1.54) is 0 Å². The Morgan fingerprint density at radius 2 is 1.85 bits per heavy atom. The van der Waals surface area contributed by atoms with Crippen molar-refractivity contribution in [3.05, 3.63) is 48.0 Å². The molecular formula is C27H38N2O5. The number of rotatable bonds is 6. The molecule has 7 nitrogen and oxygen atoms in total. The Morgan fingerprint density at radius 1 is 1.15 bits per heavy atom. The van der Waals surface area contributed by atoms with Crippen LogP contribution in [0.2, 0.25) is 0 Å². The minimum atomic E-state index is -0.507. The lowest BCUT2D eigenvalue weighted by Gasteiger charge is -2.28. The van der Waals surface area contributed by atoms with E-state index >= 15 is 0 Å². The first kappa shape index (κ1) is 25.9. The monoisotopic (exact) mass is 470 g/mol. The lowest BCUT2D eigenvalue weighted by molar-refractivity contribution is -0.150. The summed E-state index contributed by atoms with van der Waals surface area (Å²) in [4.78, 5) is 40.7. The Morgan fingerprint density at radius 3 is 2.53 bits per heavy atom. The molecule has 3 rings (SSSR count). The maximum Gasteiger partial charge on any atom is 0.309 e. The molecule has 186 valence electrons. The zero-order chi connectivity index (χ0) is 24.5. The lowest BCUT2D eigenvalue weighted by Crippen LogP contribution is -2.47. The number of nitrogens with zero attached hydrogens (tertiary/aromatic N) is 1. The van der Waals surface area contributed by atoms with Crippen molar-refractivity contribution in [2.45, 2.75) is 64.5 Å². The summed E-state index contributed by atoms with van der Waals surface area (Å²) in [6, 6.07) is 9.39. The fourth-order valence-electron chi connectivity index (χ4n) is 4.64. The van der Waals surface area contributed by atoms with Crippen LogP contribution in [0.3, 0.4) is 0 Å². The first-order valence-electron chi connectivity index (χ1n) is 12.4. The molecule has 2 aliphatic rings. The summed E-state index contributed by atoms with van der Waals surface area (Å²) in [6.07, 6.45) is 7.12. The molecule has 0 radical (unpaired) electrons. The van der Waals surface area contributed by atoms with Gasteiger partial charge < -0.3 is 20.1 Å². The van der Waals surface area contributed by atoms with Crippen LogP contribution in [-0.4, -0.2) is 59.6 Å². The summed E-state index contributed by atoms with van der Waals surface area (Å²) in [5, 5.41) is 12.6. The highest BCUT2D eigenvalue weighted by Gasteiger charge is 2.32. The van der Waals surface area contributed by atoms with Gasteiger partial charge in [-0.15, -0.1) is 0 Å². The Labute approximate surface area is 202 Å². The summed E-state index contributed by atoms with van der Waals surface area (Å²) in [5.41, 5.74) is 1.08. The number of aliphatic hydroxyl groups excluding tert-OH is 1. The summed E-state index contributed by atoms with van der Waals surface area (Å²) < 4.78 is 5.66. The quantitative estimate of drug-likeness (QED) is 0.492. The van der Waals surface area contributed by atoms with Gasteiger partial charge in [0.25, 0.3) is 0 Å². The van der Waals surface area contributed by atoms with E-state index < -0.39 is 5.92 Å². The van der Waals surface area contributed by atoms with Crippen LogP contribution in [0.25, 0.3) is 0 Å². The van der Waals surface area contributed by atoms with Crippen molar-refractivity contribution in [3.8, 4) is 0 Å². The summed E-state index contributed by atoms with van der Waals surface area (Å²) >= 11 is 0. The number of amides is 2. The predicted octanol–water partition coefficient (Wildman–Crippen LogP) is 2.87. The van der Waals surface area contributed by atoms with Gasteiger partial charge in [0.2, 0.25) is 11.8 Å². The zero-order valence-corrected chi connectivity index (χ0v) is 20.3. The van der Waals surface area contributed by atoms with Gasteiger partial charge in [-0.25, -0.2) is 0 Å². The van der Waals surface area contributed by atoms with Crippen molar-refractivity contribution in [1.82, 2.24) is 10.2 Å². The van der Waals surface area contributed by atoms with Crippen LogP contribution >= 0.6 is 0 Å². The standard InChI is InChI=1S/C27H38N2O5/c1-19(2)24-18-34-27(33)22(15-20-9-4-3-5-10-20)12-7-6-11-21(26(32)28-24)16-25(31)29-14-8-13-23(29)17-30/h3-7,9-10,19,21-24,30H,8,11-18H2,1-2H3,(H,28,32). The highest BCUT2D eigenvalue weighted by atomic mass is 16.5. The molecule has 0 aromatic heterocycles. The molecule has 0 bridgehead atoms. The molecule has 2 heterocycles. The fraction of sp³-hybridized carbons (Fsp3) is 0.593. The second kappa shape index (κ2) is 12.7. The number of hydrogen-bond acceptors (Lipinski definition) is 5. The number of carbonyl (C=O) groups excluding carboxylic acids is 3. The number of nitrogens with one attached hydrogen (secondary N) is 1. The molecule has 2 aliphatic heterocycles. The molecule has 0 aliphatic carbocycles. The molecule has 34 heavy (non-hydrogen) atoms. The maximum atomic E-state index is 13.1. The Hall–Kier alpha value is -2.67. The summed E-state index contributed by atoms with van der Waals surface area (Å²) in [7, 11) is 0. The molecule has 0 spiro atoms. The molecule has 1 aromatic rings. The van der Waals surface area contributed by atoms with E-state index in [1.54, 1.807) is 4.90 Å². The normalized spacial score (nSPS) is 26.5. The molecule has 1 aromatic carbocycles. The molecule has 4 unspecified atom stereocenters. The van der Waals surface area contributed by atoms with E-state index in [0.717, 1.165) is 18.4 Å². The highest BCUT2D eigenvalue weighted by molar-refractivity contribution is 5.86. The average Bonchev–Trinajstić information content (AvgIpc) is 3.31. The van der Waals surface area contributed by atoms with Crippen LogP contribution in [0.5, 0.6) is 0 Å². The minimum Gasteiger partial charge on any atom is -0.463 e. The van der Waals surface area contributed by atoms with Crippen LogP contribution in [0.1, 0.15) is 51.5 Å². The number of aliphatic hydroxyl groups is 1. The number of carbonyl (C=O) groups is 3. The van der Waals surface area contributed by atoms with Crippen LogP contribution < -0.4 is 5.32 Å². The van der Waals surface area contributed by atoms with Crippen molar-refractivity contribution >= 4 is 17.8 Å². The Balaban J connectivity index is 1.75. The molecular weight excluding hydrogens is 432 g/mol. The second-order valence-corrected chi connectivity index (χ2v) is 9.79. The number of ether oxygens (including phenoxy) is 1. The van der Waals surface area contributed by atoms with E-state index in [-0.39, 0.29) is 61.3 Å². The van der Waals surface area contributed by atoms with Crippen LogP contribution in [-0.2, 0) is 25.5 Å². The highest BCUT2D eigenvalue weighted by Crippen LogP contribution is 2.23. The summed E-state index contributed by atoms with van der Waals surface area (Å²) in [6.45, 7) is 4.63. The number of cyclic esters (lactones) is 1. The number of esters is 1. The first-order chi connectivity index (χ1) is 16.4. The molecule has 2 N–H and O–H groups in total. The van der Waals surface area contributed by atoms with Crippen molar-refractivity contribution in [2.24, 2.45) is 17.8 Å². The van der Waals surface area contributed by atoms with Crippen molar-refractivity contribution in [2.75, 3.05) is 19.8 Å². The number of allylic oxidation sites excluding steroid dienone is 2. The second-order valence-electron chi connectivity index (χ2n) is 9.79. The maximum absolute atomic E-state index is 13.1. The fourth-order valence-corrected chi connectivity index (χ4v) is 4.64. The zero-order valence-electron chi connectivity index (χ0n) is 20.3. The van der Waals surface area contributed by atoms with Crippen LogP contribution in [0.15, 0.2) is 42.5 Å². The van der Waals surface area contributed by atoms with Crippen molar-refractivity contribution in [3.63, 3.8) is 0 Å². The van der Waals surface area contributed by atoms with Gasteiger partial charge in [0.05, 0.1) is 30.5 Å². The third-order valence-electron chi connectivity index (χ3n) is 6.90. The van der Waals surface area contributed by atoms with Gasteiger partial charge in [0, 0.05) is 13.0 Å². The molecule has 4 atom stereocenters. The molecule has 2 amide bonds. The predicted molar refractivity (Wildman–Crippen MR) is 130 cm³/mol. The van der Waals surface area contributed by atoms with E-state index in [4.69, 9.17) is 4.74 Å². The van der Waals surface area contributed by atoms with Gasteiger partial charge in [0.15, 0.2) is 0 Å². The van der Waals surface area contributed by atoms with Gasteiger partial charge >= 0.3 is 5.97 Å². The van der Waals surface area contributed by atoms with E-state index in [1.807, 2.05) is 56.3 Å². The number of benzene rings is 1. The minimum absolute atomic E-state index is 0.0495.